The maximum absolute atomic E-state index is 13.3. The van der Waals surface area contributed by atoms with E-state index in [-0.39, 0.29) is 11.4 Å². The number of β-amino-alcohol motifs (C(OH)–C–C–N with tert-alkyl or cyclic N) is 1. The smallest absolute Gasteiger partial charge is 0.165 e. The fourth-order valence-electron chi connectivity index (χ4n) is 1.46. The maximum atomic E-state index is 13.3. The van der Waals surface area contributed by atoms with Crippen LogP contribution >= 0.6 is 0 Å². The molecule has 0 aromatic carbocycles. The summed E-state index contributed by atoms with van der Waals surface area (Å²) in [6, 6.07) is 1.24. The molecule has 1 aromatic heterocycles. The Bertz CT molecular complexity index is 401. The Labute approximate surface area is 101 Å². The van der Waals surface area contributed by atoms with Crippen LogP contribution < -0.4 is 11.1 Å². The lowest BCUT2D eigenvalue weighted by molar-refractivity contribution is 0.162. The zero-order valence-electron chi connectivity index (χ0n) is 10.7. The Hall–Kier alpha value is -1.20. The minimum atomic E-state index is -0.795. The molecule has 0 aliphatic carbocycles. The molecule has 0 aliphatic heterocycles. The van der Waals surface area contributed by atoms with Crippen LogP contribution in [0.3, 0.4) is 0 Å². The van der Waals surface area contributed by atoms with Crippen LogP contribution in [-0.2, 0) is 0 Å². The third-order valence-corrected chi connectivity index (χ3v) is 2.42. The Morgan fingerprint density at radius 3 is 2.65 bits per heavy atom. The van der Waals surface area contributed by atoms with Crippen LogP contribution in [0.1, 0.15) is 38.1 Å². The van der Waals surface area contributed by atoms with Crippen molar-refractivity contribution in [2.24, 2.45) is 0 Å². The zero-order valence-corrected chi connectivity index (χ0v) is 10.7. The summed E-state index contributed by atoms with van der Waals surface area (Å²) in [7, 11) is 0. The zero-order chi connectivity index (χ0) is 13.2. The molecule has 1 rings (SSSR count). The van der Waals surface area contributed by atoms with E-state index in [9.17, 15) is 9.50 Å². The number of anilines is 1. The second-order valence-electron chi connectivity index (χ2n) is 5.18. The van der Waals surface area contributed by atoms with Crippen molar-refractivity contribution in [2.45, 2.75) is 39.3 Å². The predicted octanol–water partition coefficient (Wildman–Crippen LogP) is 1.53. The van der Waals surface area contributed by atoms with Crippen molar-refractivity contribution in [1.82, 2.24) is 10.3 Å². The first-order valence-electron chi connectivity index (χ1n) is 5.56. The van der Waals surface area contributed by atoms with Crippen molar-refractivity contribution in [3.8, 4) is 0 Å². The van der Waals surface area contributed by atoms with Gasteiger partial charge in [0.15, 0.2) is 11.6 Å². The van der Waals surface area contributed by atoms with E-state index in [2.05, 4.69) is 10.3 Å². The standard InChI is InChI=1S/C12H20FN3O/c1-7-8(5-9(13)11(14)16-7)10(17)6-15-12(2,3)4/h5,10,15,17H,6H2,1-4H3,(H2,14,16)/t10-/m0/s1. The number of aliphatic hydroxyl groups excluding tert-OH is 1. The van der Waals surface area contributed by atoms with E-state index in [1.54, 1.807) is 6.92 Å². The number of nitrogens with zero attached hydrogens (tertiary/aromatic N) is 1. The van der Waals surface area contributed by atoms with Crippen LogP contribution in [0, 0.1) is 12.7 Å². The maximum Gasteiger partial charge on any atom is 0.165 e. The highest BCUT2D eigenvalue weighted by Gasteiger charge is 2.17. The summed E-state index contributed by atoms with van der Waals surface area (Å²) in [4.78, 5) is 3.85. The van der Waals surface area contributed by atoms with Crippen LogP contribution in [-0.4, -0.2) is 22.2 Å². The van der Waals surface area contributed by atoms with Gasteiger partial charge in [0.2, 0.25) is 0 Å². The van der Waals surface area contributed by atoms with Gasteiger partial charge in [-0.05, 0) is 33.8 Å². The third kappa shape index (κ3) is 3.94. The molecule has 0 radical (unpaired) electrons. The second kappa shape index (κ2) is 4.98. The van der Waals surface area contributed by atoms with E-state index in [4.69, 9.17) is 5.73 Å². The van der Waals surface area contributed by atoms with E-state index in [1.807, 2.05) is 20.8 Å². The Balaban J connectivity index is 2.82. The molecule has 1 heterocycles. The monoisotopic (exact) mass is 241 g/mol. The van der Waals surface area contributed by atoms with E-state index in [1.165, 1.54) is 6.07 Å². The minimum Gasteiger partial charge on any atom is -0.387 e. The lowest BCUT2D eigenvalue weighted by atomic mass is 10.1. The first-order chi connectivity index (χ1) is 7.70. The highest BCUT2D eigenvalue weighted by atomic mass is 19.1. The summed E-state index contributed by atoms with van der Waals surface area (Å²) >= 11 is 0. The van der Waals surface area contributed by atoms with Gasteiger partial charge in [0, 0.05) is 23.3 Å². The molecular weight excluding hydrogens is 221 g/mol. The molecule has 0 aliphatic rings. The first kappa shape index (κ1) is 13.9. The van der Waals surface area contributed by atoms with Crippen molar-refractivity contribution in [1.29, 1.82) is 0 Å². The molecule has 0 fully saturated rings. The number of hydrogen-bond donors (Lipinski definition) is 3. The molecule has 0 saturated heterocycles. The second-order valence-corrected chi connectivity index (χ2v) is 5.18. The van der Waals surface area contributed by atoms with Crippen molar-refractivity contribution in [3.05, 3.63) is 23.1 Å². The molecule has 0 amide bonds. The highest BCUT2D eigenvalue weighted by molar-refractivity contribution is 5.36. The van der Waals surface area contributed by atoms with Gasteiger partial charge >= 0.3 is 0 Å². The molecular formula is C12H20FN3O. The largest absolute Gasteiger partial charge is 0.387 e. The molecule has 4 nitrogen and oxygen atoms in total. The van der Waals surface area contributed by atoms with Crippen molar-refractivity contribution in [3.63, 3.8) is 0 Å². The fraction of sp³-hybridized carbons (Fsp3) is 0.583. The number of rotatable bonds is 3. The van der Waals surface area contributed by atoms with Gasteiger partial charge < -0.3 is 16.2 Å². The molecule has 1 aromatic rings. The Kier molecular flexibility index (Phi) is 4.06. The van der Waals surface area contributed by atoms with Gasteiger partial charge in [-0.25, -0.2) is 9.37 Å². The number of nitrogen functional groups attached to an aromatic ring is 1. The van der Waals surface area contributed by atoms with Gasteiger partial charge in [-0.15, -0.1) is 0 Å². The normalized spacial score (nSPS) is 13.8. The Morgan fingerprint density at radius 2 is 2.12 bits per heavy atom. The number of aromatic nitrogens is 1. The van der Waals surface area contributed by atoms with Crippen LogP contribution in [0.5, 0.6) is 0 Å². The van der Waals surface area contributed by atoms with Crippen molar-refractivity contribution < 1.29 is 9.50 Å². The summed E-state index contributed by atoms with van der Waals surface area (Å²) < 4.78 is 13.3. The molecule has 1 atom stereocenters. The number of nitrogens with one attached hydrogen (secondary N) is 1. The number of aryl methyl sites for hydroxylation is 1. The lowest BCUT2D eigenvalue weighted by Gasteiger charge is -2.23. The van der Waals surface area contributed by atoms with Gasteiger partial charge in [0.05, 0.1) is 6.10 Å². The molecule has 5 heteroatoms. The number of aliphatic hydroxyl groups is 1. The van der Waals surface area contributed by atoms with Crippen LogP contribution in [0.25, 0.3) is 0 Å². The van der Waals surface area contributed by atoms with Crippen LogP contribution in [0.4, 0.5) is 10.2 Å². The summed E-state index contributed by atoms with van der Waals surface area (Å²) in [6.07, 6.45) is -0.795. The van der Waals surface area contributed by atoms with E-state index >= 15 is 0 Å². The van der Waals surface area contributed by atoms with Crippen molar-refractivity contribution in [2.75, 3.05) is 12.3 Å². The van der Waals surface area contributed by atoms with Gasteiger partial charge in [-0.1, -0.05) is 0 Å². The van der Waals surface area contributed by atoms with Crippen LogP contribution in [0.2, 0.25) is 0 Å². The number of pyridine rings is 1. The third-order valence-electron chi connectivity index (χ3n) is 2.42. The van der Waals surface area contributed by atoms with Gasteiger partial charge in [0.25, 0.3) is 0 Å². The molecule has 0 spiro atoms. The highest BCUT2D eigenvalue weighted by Crippen LogP contribution is 2.20. The van der Waals surface area contributed by atoms with E-state index in [0.717, 1.165) is 0 Å². The fourth-order valence-corrected chi connectivity index (χ4v) is 1.46. The Morgan fingerprint density at radius 1 is 1.53 bits per heavy atom. The quantitative estimate of drug-likeness (QED) is 0.750. The molecule has 0 saturated carbocycles. The first-order valence-corrected chi connectivity index (χ1v) is 5.56. The summed E-state index contributed by atoms with van der Waals surface area (Å²) in [5.74, 6) is -0.734. The number of hydrogen-bond acceptors (Lipinski definition) is 4. The average molecular weight is 241 g/mol. The van der Waals surface area contributed by atoms with Crippen LogP contribution in [0.15, 0.2) is 6.07 Å². The SMILES string of the molecule is Cc1nc(N)c(F)cc1[C@@H](O)CNC(C)(C)C. The van der Waals surface area contributed by atoms with E-state index < -0.39 is 11.9 Å². The van der Waals surface area contributed by atoms with Gasteiger partial charge in [-0.2, -0.15) is 0 Å². The molecule has 96 valence electrons. The molecule has 0 bridgehead atoms. The number of nitrogens with two attached hydrogens (primary N) is 1. The minimum absolute atomic E-state index is 0.103. The van der Waals surface area contributed by atoms with Crippen molar-refractivity contribution >= 4 is 5.82 Å². The molecule has 17 heavy (non-hydrogen) atoms. The summed E-state index contributed by atoms with van der Waals surface area (Å²) in [5, 5.41) is 13.1. The molecule has 4 N–H and O–H groups in total. The molecule has 0 unspecified atom stereocenters. The lowest BCUT2D eigenvalue weighted by Crippen LogP contribution is -2.38. The number of halogens is 1. The predicted molar refractivity (Wildman–Crippen MR) is 66.1 cm³/mol. The topological polar surface area (TPSA) is 71.2 Å². The average Bonchev–Trinajstić information content (AvgIpc) is 2.19. The van der Waals surface area contributed by atoms with E-state index in [0.29, 0.717) is 17.8 Å². The summed E-state index contributed by atoms with van der Waals surface area (Å²) in [5.41, 5.74) is 6.26. The summed E-state index contributed by atoms with van der Waals surface area (Å²) in [6.45, 7) is 8.03. The van der Waals surface area contributed by atoms with Gasteiger partial charge in [0.1, 0.15) is 0 Å². The van der Waals surface area contributed by atoms with Gasteiger partial charge in [-0.3, -0.25) is 0 Å².